The van der Waals surface area contributed by atoms with Crippen molar-refractivity contribution < 1.29 is 4.79 Å². The van der Waals surface area contributed by atoms with Crippen LogP contribution in [0, 0.1) is 5.92 Å². The Morgan fingerprint density at radius 1 is 1.29 bits per heavy atom. The molecule has 4 nitrogen and oxygen atoms in total. The third-order valence-corrected chi connectivity index (χ3v) is 5.18. The first-order chi connectivity index (χ1) is 10.1. The molecule has 1 amide bonds. The summed E-state index contributed by atoms with van der Waals surface area (Å²) in [5.74, 6) is 0.550. The lowest BCUT2D eigenvalue weighted by atomic mass is 9.78. The van der Waals surface area contributed by atoms with Gasteiger partial charge in [0.25, 0.3) is 0 Å². The van der Waals surface area contributed by atoms with Gasteiger partial charge in [-0.25, -0.2) is 5.01 Å². The molecule has 1 aromatic rings. The summed E-state index contributed by atoms with van der Waals surface area (Å²) in [4.78, 5) is 14.5. The zero-order valence-electron chi connectivity index (χ0n) is 12.0. The van der Waals surface area contributed by atoms with Crippen molar-refractivity contribution in [2.75, 3.05) is 13.1 Å². The number of carbonyl (C=O) groups excluding carboxylic acids is 1. The lowest BCUT2D eigenvalue weighted by Crippen LogP contribution is -2.56. The lowest BCUT2D eigenvalue weighted by molar-refractivity contribution is -0.131. The van der Waals surface area contributed by atoms with Gasteiger partial charge in [0, 0.05) is 17.9 Å². The van der Waals surface area contributed by atoms with E-state index in [9.17, 15) is 4.79 Å². The summed E-state index contributed by atoms with van der Waals surface area (Å²) >= 11 is 6.15. The molecule has 3 fully saturated rings. The first-order valence-electron chi connectivity index (χ1n) is 7.53. The number of nitrogens with zero attached hydrogens (tertiary/aromatic N) is 3. The van der Waals surface area contributed by atoms with Crippen LogP contribution in [0.1, 0.15) is 31.4 Å². The molecule has 21 heavy (non-hydrogen) atoms. The van der Waals surface area contributed by atoms with Crippen molar-refractivity contribution in [3.05, 3.63) is 34.9 Å². The standard InChI is InChI=1S/C16H18ClN3O/c1-10(21)20-15(12-3-2-4-13(17)9-12)16-14(18-20)11-5-7-19(16)8-6-11/h2-4,9,11,15-16H,5-8H2,1H3. The molecule has 0 radical (unpaired) electrons. The van der Waals surface area contributed by atoms with Gasteiger partial charge < -0.3 is 0 Å². The average molecular weight is 304 g/mol. The van der Waals surface area contributed by atoms with Crippen molar-refractivity contribution in [1.82, 2.24) is 9.91 Å². The molecule has 0 aromatic heterocycles. The Morgan fingerprint density at radius 2 is 2.05 bits per heavy atom. The smallest absolute Gasteiger partial charge is 0.240 e. The van der Waals surface area contributed by atoms with Crippen LogP contribution in [-0.4, -0.2) is 40.7 Å². The maximum atomic E-state index is 12.1. The van der Waals surface area contributed by atoms with E-state index in [0.29, 0.717) is 10.9 Å². The highest BCUT2D eigenvalue weighted by molar-refractivity contribution is 6.30. The highest BCUT2D eigenvalue weighted by atomic mass is 35.5. The van der Waals surface area contributed by atoms with Crippen LogP contribution in [-0.2, 0) is 4.79 Å². The summed E-state index contributed by atoms with van der Waals surface area (Å²) in [7, 11) is 0. The molecule has 2 atom stereocenters. The highest BCUT2D eigenvalue weighted by Crippen LogP contribution is 2.43. The molecule has 3 saturated heterocycles. The number of rotatable bonds is 1. The highest BCUT2D eigenvalue weighted by Gasteiger charge is 2.50. The lowest BCUT2D eigenvalue weighted by Gasteiger charge is -2.46. The number of amides is 1. The van der Waals surface area contributed by atoms with Crippen LogP contribution < -0.4 is 0 Å². The van der Waals surface area contributed by atoms with Crippen LogP contribution in [0.5, 0.6) is 0 Å². The number of piperidine rings is 3. The van der Waals surface area contributed by atoms with Gasteiger partial charge in [0.05, 0.1) is 11.8 Å². The zero-order valence-corrected chi connectivity index (χ0v) is 12.8. The molecular weight excluding hydrogens is 286 g/mol. The van der Waals surface area contributed by atoms with Crippen LogP contribution in [0.25, 0.3) is 0 Å². The molecule has 5 heteroatoms. The van der Waals surface area contributed by atoms with Gasteiger partial charge in [-0.05, 0) is 43.6 Å². The first kappa shape index (κ1) is 13.3. The summed E-state index contributed by atoms with van der Waals surface area (Å²) < 4.78 is 0. The van der Waals surface area contributed by atoms with E-state index >= 15 is 0 Å². The summed E-state index contributed by atoms with van der Waals surface area (Å²) in [6.07, 6.45) is 2.34. The fraction of sp³-hybridized carbons (Fsp3) is 0.500. The molecule has 4 heterocycles. The molecule has 0 N–H and O–H groups in total. The second-order valence-electron chi connectivity index (χ2n) is 6.14. The molecule has 0 aliphatic carbocycles. The number of carbonyl (C=O) groups is 1. The topological polar surface area (TPSA) is 35.9 Å². The number of halogens is 1. The quantitative estimate of drug-likeness (QED) is 0.800. The zero-order chi connectivity index (χ0) is 14.6. The Labute approximate surface area is 129 Å². The monoisotopic (exact) mass is 303 g/mol. The van der Waals surface area contributed by atoms with Crippen molar-refractivity contribution >= 4 is 23.2 Å². The summed E-state index contributed by atoms with van der Waals surface area (Å²) in [6.45, 7) is 3.81. The van der Waals surface area contributed by atoms with E-state index in [0.717, 1.165) is 18.7 Å². The average Bonchev–Trinajstić information content (AvgIpc) is 2.91. The third kappa shape index (κ3) is 2.00. The molecule has 5 rings (SSSR count). The van der Waals surface area contributed by atoms with E-state index in [1.165, 1.54) is 18.6 Å². The molecule has 2 bridgehead atoms. The van der Waals surface area contributed by atoms with Gasteiger partial charge in [-0.1, -0.05) is 23.7 Å². The number of hydrazone groups is 1. The van der Waals surface area contributed by atoms with Crippen LogP contribution in [0.2, 0.25) is 5.02 Å². The Kier molecular flexibility index (Phi) is 3.05. The first-order valence-corrected chi connectivity index (χ1v) is 7.90. The van der Waals surface area contributed by atoms with Crippen molar-refractivity contribution in [2.24, 2.45) is 11.0 Å². The van der Waals surface area contributed by atoms with Gasteiger partial charge in [0.1, 0.15) is 6.04 Å². The van der Waals surface area contributed by atoms with Crippen molar-refractivity contribution in [3.63, 3.8) is 0 Å². The number of benzene rings is 1. The fourth-order valence-corrected chi connectivity index (χ4v) is 4.20. The maximum absolute atomic E-state index is 12.1. The largest absolute Gasteiger partial charge is 0.293 e. The van der Waals surface area contributed by atoms with Crippen LogP contribution in [0.4, 0.5) is 0 Å². The van der Waals surface area contributed by atoms with E-state index in [4.69, 9.17) is 16.7 Å². The summed E-state index contributed by atoms with van der Waals surface area (Å²) in [5, 5.41) is 7.07. The van der Waals surface area contributed by atoms with Gasteiger partial charge in [-0.3, -0.25) is 9.69 Å². The normalized spacial score (nSPS) is 33.8. The van der Waals surface area contributed by atoms with Gasteiger partial charge >= 0.3 is 0 Å². The SMILES string of the molecule is CC(=O)N1N=C2C3CCN(CC3)C2C1c1cccc(Cl)c1. The van der Waals surface area contributed by atoms with E-state index in [-0.39, 0.29) is 18.0 Å². The van der Waals surface area contributed by atoms with Crippen molar-refractivity contribution in [2.45, 2.75) is 31.8 Å². The molecule has 4 aliphatic heterocycles. The van der Waals surface area contributed by atoms with Crippen LogP contribution >= 0.6 is 11.6 Å². The molecule has 4 aliphatic rings. The van der Waals surface area contributed by atoms with Crippen LogP contribution in [0.15, 0.2) is 29.4 Å². The second-order valence-corrected chi connectivity index (χ2v) is 6.58. The van der Waals surface area contributed by atoms with Gasteiger partial charge in [-0.2, -0.15) is 5.10 Å². The van der Waals surface area contributed by atoms with Gasteiger partial charge in [0.2, 0.25) is 5.91 Å². The fourth-order valence-electron chi connectivity index (χ4n) is 4.00. The molecular formula is C16H18ClN3O. The molecule has 0 saturated carbocycles. The van der Waals surface area contributed by atoms with Crippen molar-refractivity contribution in [1.29, 1.82) is 0 Å². The Morgan fingerprint density at radius 3 is 2.71 bits per heavy atom. The minimum absolute atomic E-state index is 0.00229. The van der Waals surface area contributed by atoms with E-state index in [2.05, 4.69) is 4.90 Å². The molecule has 1 aromatic carbocycles. The molecule has 110 valence electrons. The number of hydrogen-bond acceptors (Lipinski definition) is 3. The van der Waals surface area contributed by atoms with Gasteiger partial charge in [0.15, 0.2) is 0 Å². The Balaban J connectivity index is 1.79. The van der Waals surface area contributed by atoms with Gasteiger partial charge in [-0.15, -0.1) is 0 Å². The predicted molar refractivity (Wildman–Crippen MR) is 82.2 cm³/mol. The van der Waals surface area contributed by atoms with Crippen molar-refractivity contribution in [3.8, 4) is 0 Å². The minimum Gasteiger partial charge on any atom is -0.293 e. The number of fused-ring (bicyclic) bond motifs is 2. The third-order valence-electron chi connectivity index (χ3n) is 4.94. The Bertz CT molecular complexity index is 622. The van der Waals surface area contributed by atoms with E-state index < -0.39 is 0 Å². The number of hydrogen-bond donors (Lipinski definition) is 0. The minimum atomic E-state index is -0.0284. The van der Waals surface area contributed by atoms with E-state index in [1.54, 1.807) is 11.9 Å². The van der Waals surface area contributed by atoms with E-state index in [1.807, 2.05) is 24.3 Å². The van der Waals surface area contributed by atoms with Crippen LogP contribution in [0.3, 0.4) is 0 Å². The molecule has 0 spiro atoms. The summed E-state index contributed by atoms with van der Waals surface area (Å²) in [6, 6.07) is 8.04. The Hall–Kier alpha value is -1.39. The molecule has 2 unspecified atom stereocenters. The maximum Gasteiger partial charge on any atom is 0.240 e. The summed E-state index contributed by atoms with van der Waals surface area (Å²) in [5.41, 5.74) is 2.28. The predicted octanol–water partition coefficient (Wildman–Crippen LogP) is 2.69. The second kappa shape index (κ2) is 4.82.